The number of rotatable bonds is 1. The molecular formula is C9H8BrN3S. The molecule has 0 bridgehead atoms. The summed E-state index contributed by atoms with van der Waals surface area (Å²) in [5.74, 6) is 0.537. The number of nitrogen functional groups attached to an aromatic ring is 1. The van der Waals surface area contributed by atoms with E-state index in [1.807, 2.05) is 18.4 Å². The molecule has 2 N–H and O–H groups in total. The van der Waals surface area contributed by atoms with Crippen LogP contribution < -0.4 is 5.73 Å². The van der Waals surface area contributed by atoms with Crippen molar-refractivity contribution in [3.8, 4) is 10.6 Å². The van der Waals surface area contributed by atoms with Crippen LogP contribution in [0.25, 0.3) is 10.6 Å². The number of nitrogens with zero attached hydrogens (tertiary/aromatic N) is 2. The number of aromatic nitrogens is 2. The van der Waals surface area contributed by atoms with Crippen LogP contribution in [0.3, 0.4) is 0 Å². The fourth-order valence-corrected chi connectivity index (χ4v) is 2.77. The molecule has 0 aromatic carbocycles. The van der Waals surface area contributed by atoms with Gasteiger partial charge in [0.2, 0.25) is 0 Å². The molecule has 2 aromatic rings. The van der Waals surface area contributed by atoms with E-state index in [0.717, 1.165) is 20.6 Å². The van der Waals surface area contributed by atoms with Crippen molar-refractivity contribution in [1.29, 1.82) is 0 Å². The number of nitrogens with two attached hydrogens (primary N) is 1. The lowest BCUT2D eigenvalue weighted by Crippen LogP contribution is -1.97. The van der Waals surface area contributed by atoms with Crippen molar-refractivity contribution in [2.75, 3.05) is 5.73 Å². The van der Waals surface area contributed by atoms with Gasteiger partial charge in [0.25, 0.3) is 0 Å². The zero-order chi connectivity index (χ0) is 10.1. The maximum Gasteiger partial charge on any atom is 0.130 e. The summed E-state index contributed by atoms with van der Waals surface area (Å²) in [4.78, 5) is 9.26. The molecule has 0 aliphatic heterocycles. The van der Waals surface area contributed by atoms with Gasteiger partial charge in [-0.3, -0.25) is 0 Å². The molecule has 0 saturated carbocycles. The first-order chi connectivity index (χ1) is 6.70. The molecular weight excluding hydrogens is 262 g/mol. The molecule has 0 spiro atoms. The van der Waals surface area contributed by atoms with Gasteiger partial charge in [0.05, 0.1) is 10.6 Å². The Balaban J connectivity index is 2.63. The van der Waals surface area contributed by atoms with E-state index in [1.54, 1.807) is 11.3 Å². The maximum atomic E-state index is 5.72. The largest absolute Gasteiger partial charge is 0.383 e. The molecule has 2 aromatic heterocycles. The topological polar surface area (TPSA) is 51.8 Å². The summed E-state index contributed by atoms with van der Waals surface area (Å²) in [5.41, 5.74) is 7.54. The highest BCUT2D eigenvalue weighted by molar-refractivity contribution is 9.10. The number of halogens is 1. The molecule has 2 heterocycles. The second kappa shape index (κ2) is 3.67. The lowest BCUT2D eigenvalue weighted by molar-refractivity contribution is 1.15. The van der Waals surface area contributed by atoms with E-state index in [0.29, 0.717) is 5.82 Å². The van der Waals surface area contributed by atoms with Crippen molar-refractivity contribution in [1.82, 2.24) is 9.97 Å². The van der Waals surface area contributed by atoms with E-state index in [-0.39, 0.29) is 0 Å². The monoisotopic (exact) mass is 269 g/mol. The zero-order valence-corrected chi connectivity index (χ0v) is 9.89. The molecule has 2 rings (SSSR count). The van der Waals surface area contributed by atoms with E-state index >= 15 is 0 Å². The second-order valence-electron chi connectivity index (χ2n) is 2.83. The summed E-state index contributed by atoms with van der Waals surface area (Å²) in [5, 5.41) is 2.01. The third kappa shape index (κ3) is 1.53. The van der Waals surface area contributed by atoms with Crippen molar-refractivity contribution < 1.29 is 0 Å². The average molecular weight is 270 g/mol. The SMILES string of the molecule is Cc1c(N)ncnc1-c1sccc1Br. The van der Waals surface area contributed by atoms with E-state index in [1.165, 1.54) is 6.33 Å². The number of hydrogen-bond donors (Lipinski definition) is 1. The first-order valence-corrected chi connectivity index (χ1v) is 5.68. The zero-order valence-electron chi connectivity index (χ0n) is 7.49. The number of anilines is 1. The minimum atomic E-state index is 0.537. The van der Waals surface area contributed by atoms with Gasteiger partial charge in [-0.05, 0) is 34.3 Å². The van der Waals surface area contributed by atoms with E-state index in [2.05, 4.69) is 25.9 Å². The molecule has 3 nitrogen and oxygen atoms in total. The van der Waals surface area contributed by atoms with Crippen LogP contribution in [0.2, 0.25) is 0 Å². The van der Waals surface area contributed by atoms with Crippen LogP contribution in [0.1, 0.15) is 5.56 Å². The van der Waals surface area contributed by atoms with Gasteiger partial charge in [0, 0.05) is 10.0 Å². The Bertz CT molecular complexity index is 467. The van der Waals surface area contributed by atoms with Gasteiger partial charge in [-0.25, -0.2) is 9.97 Å². The van der Waals surface area contributed by atoms with Crippen LogP contribution in [0, 0.1) is 6.92 Å². The Morgan fingerprint density at radius 3 is 2.86 bits per heavy atom. The predicted octanol–water partition coefficient (Wildman–Crippen LogP) is 2.86. The van der Waals surface area contributed by atoms with Gasteiger partial charge in [-0.15, -0.1) is 11.3 Å². The van der Waals surface area contributed by atoms with Gasteiger partial charge in [0.1, 0.15) is 12.1 Å². The highest BCUT2D eigenvalue weighted by Crippen LogP contribution is 2.34. The van der Waals surface area contributed by atoms with Crippen LogP contribution >= 0.6 is 27.3 Å². The summed E-state index contributed by atoms with van der Waals surface area (Å²) in [6.45, 7) is 1.93. The lowest BCUT2D eigenvalue weighted by Gasteiger charge is -2.04. The van der Waals surface area contributed by atoms with Gasteiger partial charge in [0.15, 0.2) is 0 Å². The standard InChI is InChI=1S/C9H8BrN3S/c1-5-7(12-4-13-9(5)11)8-6(10)2-3-14-8/h2-4H,1H3,(H2,11,12,13). The van der Waals surface area contributed by atoms with E-state index in [4.69, 9.17) is 5.73 Å². The first kappa shape index (κ1) is 9.61. The van der Waals surface area contributed by atoms with Gasteiger partial charge >= 0.3 is 0 Å². The molecule has 5 heteroatoms. The minimum absolute atomic E-state index is 0.537. The fourth-order valence-electron chi connectivity index (χ4n) is 1.16. The van der Waals surface area contributed by atoms with Gasteiger partial charge < -0.3 is 5.73 Å². The number of thiophene rings is 1. The first-order valence-electron chi connectivity index (χ1n) is 4.00. The Labute approximate surface area is 94.1 Å². The van der Waals surface area contributed by atoms with Gasteiger partial charge in [-0.1, -0.05) is 0 Å². The predicted molar refractivity (Wildman–Crippen MR) is 62.2 cm³/mol. The van der Waals surface area contributed by atoms with Crippen molar-refractivity contribution >= 4 is 33.1 Å². The molecule has 0 aliphatic rings. The number of hydrogen-bond acceptors (Lipinski definition) is 4. The second-order valence-corrected chi connectivity index (χ2v) is 4.60. The molecule has 0 radical (unpaired) electrons. The quantitative estimate of drug-likeness (QED) is 0.866. The van der Waals surface area contributed by atoms with Crippen molar-refractivity contribution in [3.05, 3.63) is 27.8 Å². The molecule has 0 fully saturated rings. The van der Waals surface area contributed by atoms with Crippen molar-refractivity contribution in [2.45, 2.75) is 6.92 Å². The molecule has 0 saturated heterocycles. The molecule has 72 valence electrons. The van der Waals surface area contributed by atoms with Crippen molar-refractivity contribution in [2.24, 2.45) is 0 Å². The maximum absolute atomic E-state index is 5.72. The normalized spacial score (nSPS) is 10.4. The Morgan fingerprint density at radius 2 is 2.21 bits per heavy atom. The Hall–Kier alpha value is -0.940. The molecule has 0 atom stereocenters. The Morgan fingerprint density at radius 1 is 1.43 bits per heavy atom. The highest BCUT2D eigenvalue weighted by Gasteiger charge is 2.10. The highest BCUT2D eigenvalue weighted by atomic mass is 79.9. The van der Waals surface area contributed by atoms with Crippen LogP contribution in [0.15, 0.2) is 22.2 Å². The molecule has 14 heavy (non-hydrogen) atoms. The summed E-state index contributed by atoms with van der Waals surface area (Å²) in [6.07, 6.45) is 1.49. The molecule has 0 unspecified atom stereocenters. The van der Waals surface area contributed by atoms with Crippen LogP contribution in [0.5, 0.6) is 0 Å². The van der Waals surface area contributed by atoms with E-state index in [9.17, 15) is 0 Å². The average Bonchev–Trinajstić information content (AvgIpc) is 2.57. The smallest absolute Gasteiger partial charge is 0.130 e. The summed E-state index contributed by atoms with van der Waals surface area (Å²) >= 11 is 5.10. The third-order valence-electron chi connectivity index (χ3n) is 1.96. The van der Waals surface area contributed by atoms with Crippen molar-refractivity contribution in [3.63, 3.8) is 0 Å². The molecule has 0 amide bonds. The van der Waals surface area contributed by atoms with Crippen LogP contribution in [-0.4, -0.2) is 9.97 Å². The summed E-state index contributed by atoms with van der Waals surface area (Å²) in [6, 6.07) is 2.00. The van der Waals surface area contributed by atoms with E-state index < -0.39 is 0 Å². The molecule has 0 aliphatic carbocycles. The minimum Gasteiger partial charge on any atom is -0.383 e. The lowest BCUT2D eigenvalue weighted by atomic mass is 10.2. The Kier molecular flexibility index (Phi) is 2.52. The van der Waals surface area contributed by atoms with Gasteiger partial charge in [-0.2, -0.15) is 0 Å². The van der Waals surface area contributed by atoms with Crippen LogP contribution in [-0.2, 0) is 0 Å². The summed E-state index contributed by atoms with van der Waals surface area (Å²) < 4.78 is 1.05. The third-order valence-corrected chi connectivity index (χ3v) is 3.80. The fraction of sp³-hybridized carbons (Fsp3) is 0.111. The summed E-state index contributed by atoms with van der Waals surface area (Å²) in [7, 11) is 0. The van der Waals surface area contributed by atoms with Crippen LogP contribution in [0.4, 0.5) is 5.82 Å².